The second-order valence-electron chi connectivity index (χ2n) is 4.04. The van der Waals surface area contributed by atoms with Gasteiger partial charge in [0.15, 0.2) is 0 Å². The van der Waals surface area contributed by atoms with Crippen molar-refractivity contribution in [2.75, 3.05) is 6.61 Å². The topological polar surface area (TPSA) is 9.23 Å². The summed E-state index contributed by atoms with van der Waals surface area (Å²) < 4.78 is 6.80. The van der Waals surface area contributed by atoms with E-state index in [4.69, 9.17) is 4.74 Å². The summed E-state index contributed by atoms with van der Waals surface area (Å²) in [5.74, 6) is 0.938. The molecule has 17 heavy (non-hydrogen) atoms. The maximum absolute atomic E-state index is 5.68. The average molecular weight is 291 g/mol. The van der Waals surface area contributed by atoms with Crippen LogP contribution in [0.1, 0.15) is 11.1 Å². The molecule has 0 aromatic heterocycles. The molecule has 0 unspecified atom stereocenters. The molecule has 88 valence electrons. The molecule has 0 heterocycles. The number of rotatable bonds is 4. The van der Waals surface area contributed by atoms with Gasteiger partial charge in [-0.25, -0.2) is 0 Å². The number of ether oxygens (including phenoxy) is 1. The van der Waals surface area contributed by atoms with Crippen LogP contribution in [-0.4, -0.2) is 6.61 Å². The molecule has 0 N–H and O–H groups in total. The first-order valence-corrected chi connectivity index (χ1v) is 6.47. The Bertz CT molecular complexity index is 414. The van der Waals surface area contributed by atoms with Crippen molar-refractivity contribution < 1.29 is 4.74 Å². The molecule has 0 bridgehead atoms. The third-order valence-electron chi connectivity index (χ3n) is 2.59. The van der Waals surface area contributed by atoms with E-state index >= 15 is 0 Å². The van der Waals surface area contributed by atoms with Gasteiger partial charge in [0.2, 0.25) is 0 Å². The highest BCUT2D eigenvalue weighted by atomic mass is 79.9. The van der Waals surface area contributed by atoms with E-state index in [1.54, 1.807) is 0 Å². The van der Waals surface area contributed by atoms with Gasteiger partial charge in [0, 0.05) is 10.9 Å². The molecule has 0 aliphatic heterocycles. The molecule has 2 aromatic carbocycles. The van der Waals surface area contributed by atoms with Gasteiger partial charge in [-0.3, -0.25) is 0 Å². The Morgan fingerprint density at radius 1 is 0.941 bits per heavy atom. The van der Waals surface area contributed by atoms with E-state index in [9.17, 15) is 0 Å². The van der Waals surface area contributed by atoms with Crippen LogP contribution in [0.5, 0.6) is 5.75 Å². The zero-order valence-corrected chi connectivity index (χ0v) is 11.4. The second kappa shape index (κ2) is 5.87. The van der Waals surface area contributed by atoms with Gasteiger partial charge < -0.3 is 4.74 Å². The molecule has 0 saturated heterocycles. The summed E-state index contributed by atoms with van der Waals surface area (Å²) >= 11 is 3.43. The van der Waals surface area contributed by atoms with Crippen molar-refractivity contribution >= 4 is 15.9 Å². The third-order valence-corrected chi connectivity index (χ3v) is 3.12. The van der Waals surface area contributed by atoms with Gasteiger partial charge >= 0.3 is 0 Å². The number of hydrogen-bond donors (Lipinski definition) is 0. The van der Waals surface area contributed by atoms with Crippen LogP contribution >= 0.6 is 15.9 Å². The average Bonchev–Trinajstić information content (AvgIpc) is 2.34. The molecular formula is C15H15BrO. The van der Waals surface area contributed by atoms with Crippen LogP contribution in [0.4, 0.5) is 0 Å². The minimum Gasteiger partial charge on any atom is -0.493 e. The highest BCUT2D eigenvalue weighted by Gasteiger charge is 1.95. The van der Waals surface area contributed by atoms with E-state index in [1.807, 2.05) is 12.1 Å². The van der Waals surface area contributed by atoms with Crippen molar-refractivity contribution in [3.05, 3.63) is 64.1 Å². The fourth-order valence-electron chi connectivity index (χ4n) is 1.57. The number of benzene rings is 2. The molecule has 0 saturated carbocycles. The first kappa shape index (κ1) is 12.2. The van der Waals surface area contributed by atoms with Crippen LogP contribution in [0.25, 0.3) is 0 Å². The molecular weight excluding hydrogens is 276 g/mol. The maximum atomic E-state index is 5.68. The smallest absolute Gasteiger partial charge is 0.119 e. The monoisotopic (exact) mass is 290 g/mol. The first-order chi connectivity index (χ1) is 8.24. The number of hydrogen-bond acceptors (Lipinski definition) is 1. The van der Waals surface area contributed by atoms with Crippen LogP contribution in [0.3, 0.4) is 0 Å². The van der Waals surface area contributed by atoms with Gasteiger partial charge in [-0.05, 0) is 36.8 Å². The van der Waals surface area contributed by atoms with Crippen molar-refractivity contribution in [2.45, 2.75) is 13.3 Å². The van der Waals surface area contributed by atoms with E-state index in [2.05, 4.69) is 59.3 Å². The Morgan fingerprint density at radius 2 is 1.59 bits per heavy atom. The largest absolute Gasteiger partial charge is 0.493 e. The SMILES string of the molecule is Cc1ccc(OCCc2ccc(Br)cc2)cc1. The maximum Gasteiger partial charge on any atom is 0.119 e. The summed E-state index contributed by atoms with van der Waals surface area (Å²) in [5, 5.41) is 0. The van der Waals surface area contributed by atoms with Crippen LogP contribution in [0, 0.1) is 6.92 Å². The van der Waals surface area contributed by atoms with Crippen molar-refractivity contribution in [1.82, 2.24) is 0 Å². The fourth-order valence-corrected chi connectivity index (χ4v) is 1.84. The molecule has 0 radical (unpaired) electrons. The highest BCUT2D eigenvalue weighted by molar-refractivity contribution is 9.10. The van der Waals surface area contributed by atoms with Gasteiger partial charge in [-0.2, -0.15) is 0 Å². The van der Waals surface area contributed by atoms with Crippen molar-refractivity contribution in [3.8, 4) is 5.75 Å². The first-order valence-electron chi connectivity index (χ1n) is 5.68. The minimum atomic E-state index is 0.713. The summed E-state index contributed by atoms with van der Waals surface area (Å²) in [6.45, 7) is 2.79. The summed E-state index contributed by atoms with van der Waals surface area (Å²) in [6.07, 6.45) is 0.932. The second-order valence-corrected chi connectivity index (χ2v) is 4.95. The predicted octanol–water partition coefficient (Wildman–Crippen LogP) is 4.38. The molecule has 2 rings (SSSR count). The Hall–Kier alpha value is -1.28. The Balaban J connectivity index is 1.83. The minimum absolute atomic E-state index is 0.713. The Labute approximate surface area is 111 Å². The van der Waals surface area contributed by atoms with Crippen LogP contribution in [0.15, 0.2) is 53.0 Å². The molecule has 1 nitrogen and oxygen atoms in total. The van der Waals surface area contributed by atoms with Crippen LogP contribution < -0.4 is 4.74 Å². The summed E-state index contributed by atoms with van der Waals surface area (Å²) in [7, 11) is 0. The zero-order chi connectivity index (χ0) is 12.1. The molecule has 0 atom stereocenters. The quantitative estimate of drug-likeness (QED) is 0.812. The van der Waals surface area contributed by atoms with Gasteiger partial charge in [0.25, 0.3) is 0 Å². The van der Waals surface area contributed by atoms with Crippen LogP contribution in [-0.2, 0) is 6.42 Å². The normalized spacial score (nSPS) is 10.2. The molecule has 0 aliphatic carbocycles. The summed E-state index contributed by atoms with van der Waals surface area (Å²) in [4.78, 5) is 0. The lowest BCUT2D eigenvalue weighted by Gasteiger charge is -2.06. The molecule has 2 aromatic rings. The highest BCUT2D eigenvalue weighted by Crippen LogP contribution is 2.13. The van der Waals surface area contributed by atoms with Crippen molar-refractivity contribution in [3.63, 3.8) is 0 Å². The molecule has 0 fully saturated rings. The fraction of sp³-hybridized carbons (Fsp3) is 0.200. The molecule has 2 heteroatoms. The van der Waals surface area contributed by atoms with Gasteiger partial charge in [0.1, 0.15) is 5.75 Å². The standard InChI is InChI=1S/C15H15BrO/c1-12-2-8-15(9-3-12)17-11-10-13-4-6-14(16)7-5-13/h2-9H,10-11H2,1H3. The van der Waals surface area contributed by atoms with Crippen molar-refractivity contribution in [1.29, 1.82) is 0 Å². The zero-order valence-electron chi connectivity index (χ0n) is 9.82. The summed E-state index contributed by atoms with van der Waals surface area (Å²) in [6, 6.07) is 16.5. The van der Waals surface area contributed by atoms with E-state index in [1.165, 1.54) is 11.1 Å². The van der Waals surface area contributed by atoms with E-state index in [-0.39, 0.29) is 0 Å². The molecule has 0 amide bonds. The number of aryl methyl sites for hydroxylation is 1. The van der Waals surface area contributed by atoms with Gasteiger partial charge in [-0.1, -0.05) is 45.8 Å². The lowest BCUT2D eigenvalue weighted by atomic mass is 10.2. The van der Waals surface area contributed by atoms with E-state index in [0.29, 0.717) is 6.61 Å². The molecule has 0 spiro atoms. The van der Waals surface area contributed by atoms with Gasteiger partial charge in [-0.15, -0.1) is 0 Å². The lowest BCUT2D eigenvalue weighted by molar-refractivity contribution is 0.322. The Morgan fingerprint density at radius 3 is 2.24 bits per heavy atom. The number of halogens is 1. The van der Waals surface area contributed by atoms with E-state index < -0.39 is 0 Å². The van der Waals surface area contributed by atoms with Crippen LogP contribution in [0.2, 0.25) is 0 Å². The van der Waals surface area contributed by atoms with Gasteiger partial charge in [0.05, 0.1) is 6.61 Å². The Kier molecular flexibility index (Phi) is 4.21. The summed E-state index contributed by atoms with van der Waals surface area (Å²) in [5.41, 5.74) is 2.55. The predicted molar refractivity (Wildman–Crippen MR) is 74.5 cm³/mol. The molecule has 0 aliphatic rings. The van der Waals surface area contributed by atoms with Crippen molar-refractivity contribution in [2.24, 2.45) is 0 Å². The van der Waals surface area contributed by atoms with E-state index in [0.717, 1.165) is 16.6 Å². The lowest BCUT2D eigenvalue weighted by Crippen LogP contribution is -2.01. The third kappa shape index (κ3) is 3.90.